The summed E-state index contributed by atoms with van der Waals surface area (Å²) < 4.78 is 12.8. The summed E-state index contributed by atoms with van der Waals surface area (Å²) in [6.45, 7) is 1.28. The molecule has 1 rings (SSSR count). The van der Waals surface area contributed by atoms with Crippen molar-refractivity contribution in [3.63, 3.8) is 0 Å². The number of anilines is 1. The third kappa shape index (κ3) is 1.23. The van der Waals surface area contributed by atoms with Crippen molar-refractivity contribution >= 4 is 11.5 Å². The molecule has 3 nitrogen and oxygen atoms in total. The molecule has 0 aliphatic rings. The van der Waals surface area contributed by atoms with Crippen molar-refractivity contribution in [3.05, 3.63) is 23.5 Å². The molecule has 0 aliphatic heterocycles. The number of benzene rings is 1. The van der Waals surface area contributed by atoms with Crippen molar-refractivity contribution in [3.8, 4) is 5.75 Å². The zero-order valence-corrected chi connectivity index (χ0v) is 6.47. The summed E-state index contributed by atoms with van der Waals surface area (Å²) >= 11 is 0. The highest BCUT2D eigenvalue weighted by Gasteiger charge is 2.11. The molecule has 1 aromatic carbocycles. The molecule has 0 saturated heterocycles. The number of halogens is 1. The molecule has 3 N–H and O–H groups in total. The van der Waals surface area contributed by atoms with E-state index in [1.165, 1.54) is 13.0 Å². The van der Waals surface area contributed by atoms with Gasteiger partial charge < -0.3 is 10.8 Å². The Bertz CT molecular complexity index is 336. The molecule has 4 heteroatoms. The Kier molecular flexibility index (Phi) is 1.99. The van der Waals surface area contributed by atoms with Crippen LogP contribution in [-0.2, 0) is 0 Å². The average Bonchev–Trinajstić information content (AvgIpc) is 2.00. The number of Topliss-reactive ketones (excluding diaryl/α,β-unsaturated/α-hetero) is 1. The van der Waals surface area contributed by atoms with E-state index in [0.717, 1.165) is 6.07 Å². The van der Waals surface area contributed by atoms with E-state index in [0.29, 0.717) is 0 Å². The molecule has 0 aliphatic carbocycles. The number of ketones is 1. The second kappa shape index (κ2) is 2.81. The number of nitrogen functional groups attached to an aromatic ring is 1. The molecule has 0 spiro atoms. The van der Waals surface area contributed by atoms with Crippen LogP contribution in [0, 0.1) is 5.82 Å². The fraction of sp³-hybridized carbons (Fsp3) is 0.125. The molecular formula is C8H8FNO2. The van der Waals surface area contributed by atoms with Crippen LogP contribution in [0.5, 0.6) is 5.75 Å². The first kappa shape index (κ1) is 8.52. The van der Waals surface area contributed by atoms with Gasteiger partial charge in [-0.1, -0.05) is 0 Å². The van der Waals surface area contributed by atoms with Gasteiger partial charge in [-0.25, -0.2) is 4.39 Å². The second-order valence-electron chi connectivity index (χ2n) is 2.42. The van der Waals surface area contributed by atoms with E-state index in [1.54, 1.807) is 0 Å². The van der Waals surface area contributed by atoms with Gasteiger partial charge in [-0.05, 0) is 19.1 Å². The first-order valence-corrected chi connectivity index (χ1v) is 3.32. The maximum absolute atomic E-state index is 12.8. The third-order valence-corrected chi connectivity index (χ3v) is 1.54. The number of carbonyl (C=O) groups excluding carboxylic acids is 1. The van der Waals surface area contributed by atoms with Gasteiger partial charge >= 0.3 is 0 Å². The second-order valence-corrected chi connectivity index (χ2v) is 2.42. The van der Waals surface area contributed by atoms with Crippen LogP contribution in [-0.4, -0.2) is 10.9 Å². The minimum absolute atomic E-state index is 0.0882. The Morgan fingerprint density at radius 3 is 2.67 bits per heavy atom. The van der Waals surface area contributed by atoms with E-state index in [1.807, 2.05) is 0 Å². The molecule has 1 aromatic rings. The number of phenolic OH excluding ortho intramolecular Hbond substituents is 1. The predicted molar refractivity (Wildman–Crippen MR) is 42.5 cm³/mol. The van der Waals surface area contributed by atoms with Gasteiger partial charge in [-0.15, -0.1) is 0 Å². The first-order valence-electron chi connectivity index (χ1n) is 3.32. The minimum Gasteiger partial charge on any atom is -0.505 e. The van der Waals surface area contributed by atoms with Crippen molar-refractivity contribution in [2.75, 3.05) is 5.73 Å². The van der Waals surface area contributed by atoms with Crippen molar-refractivity contribution in [1.29, 1.82) is 0 Å². The lowest BCUT2D eigenvalue weighted by atomic mass is 10.1. The number of aromatic hydroxyl groups is 1. The zero-order chi connectivity index (χ0) is 9.30. The van der Waals surface area contributed by atoms with Crippen molar-refractivity contribution in [1.82, 2.24) is 0 Å². The van der Waals surface area contributed by atoms with Gasteiger partial charge in [0.2, 0.25) is 0 Å². The summed E-state index contributed by atoms with van der Waals surface area (Å²) in [4.78, 5) is 10.8. The summed E-state index contributed by atoms with van der Waals surface area (Å²) in [6.07, 6.45) is 0. The quantitative estimate of drug-likeness (QED) is 0.492. The van der Waals surface area contributed by atoms with Crippen molar-refractivity contribution in [2.45, 2.75) is 6.92 Å². The van der Waals surface area contributed by atoms with Gasteiger partial charge in [-0.2, -0.15) is 0 Å². The van der Waals surface area contributed by atoms with Crippen LogP contribution >= 0.6 is 0 Å². The number of nitrogens with two attached hydrogens (primary N) is 1. The summed E-state index contributed by atoms with van der Waals surface area (Å²) in [6, 6.07) is 2.39. The smallest absolute Gasteiger partial charge is 0.188 e. The molecule has 0 radical (unpaired) electrons. The molecule has 0 atom stereocenters. The number of hydrogen-bond donors (Lipinski definition) is 2. The van der Waals surface area contributed by atoms with Gasteiger partial charge in [0.1, 0.15) is 0 Å². The maximum atomic E-state index is 12.8. The number of rotatable bonds is 1. The summed E-state index contributed by atoms with van der Waals surface area (Å²) in [5.41, 5.74) is 5.01. The van der Waals surface area contributed by atoms with Crippen molar-refractivity contribution < 1.29 is 14.3 Å². The van der Waals surface area contributed by atoms with E-state index in [4.69, 9.17) is 10.8 Å². The Morgan fingerprint density at radius 1 is 1.58 bits per heavy atom. The molecule has 0 fully saturated rings. The van der Waals surface area contributed by atoms with E-state index in [9.17, 15) is 9.18 Å². The fourth-order valence-corrected chi connectivity index (χ4v) is 0.888. The SMILES string of the molecule is CC(=O)c1ccc(O)c(F)c1N. The lowest BCUT2D eigenvalue weighted by Gasteiger charge is -2.03. The van der Waals surface area contributed by atoms with Crippen LogP contribution < -0.4 is 5.73 Å². The molecule has 64 valence electrons. The van der Waals surface area contributed by atoms with E-state index >= 15 is 0 Å². The summed E-state index contributed by atoms with van der Waals surface area (Å²) in [7, 11) is 0. The van der Waals surface area contributed by atoms with Gasteiger partial charge in [0.25, 0.3) is 0 Å². The normalized spacial score (nSPS) is 9.83. The van der Waals surface area contributed by atoms with Crippen LogP contribution in [0.3, 0.4) is 0 Å². The Hall–Kier alpha value is -1.58. The fourth-order valence-electron chi connectivity index (χ4n) is 0.888. The molecule has 0 saturated carbocycles. The number of carbonyl (C=O) groups is 1. The topological polar surface area (TPSA) is 63.3 Å². The van der Waals surface area contributed by atoms with Crippen LogP contribution in [0.25, 0.3) is 0 Å². The predicted octanol–water partition coefficient (Wildman–Crippen LogP) is 1.32. The zero-order valence-electron chi connectivity index (χ0n) is 6.47. The van der Waals surface area contributed by atoms with E-state index < -0.39 is 11.6 Å². The largest absolute Gasteiger partial charge is 0.505 e. The molecule has 0 bridgehead atoms. The third-order valence-electron chi connectivity index (χ3n) is 1.54. The highest BCUT2D eigenvalue weighted by Crippen LogP contribution is 2.24. The van der Waals surface area contributed by atoms with Crippen LogP contribution in [0.2, 0.25) is 0 Å². The number of hydrogen-bond acceptors (Lipinski definition) is 3. The van der Waals surface area contributed by atoms with Gasteiger partial charge in [0.15, 0.2) is 17.3 Å². The van der Waals surface area contributed by atoms with Crippen LogP contribution in [0.15, 0.2) is 12.1 Å². The molecule has 0 amide bonds. The maximum Gasteiger partial charge on any atom is 0.188 e. The first-order chi connectivity index (χ1) is 5.54. The molecule has 0 unspecified atom stereocenters. The monoisotopic (exact) mass is 169 g/mol. The molecule has 0 heterocycles. The van der Waals surface area contributed by atoms with E-state index in [-0.39, 0.29) is 17.0 Å². The van der Waals surface area contributed by atoms with Gasteiger partial charge in [0.05, 0.1) is 5.69 Å². The Morgan fingerprint density at radius 2 is 2.17 bits per heavy atom. The lowest BCUT2D eigenvalue weighted by Crippen LogP contribution is -2.01. The molecule has 0 aromatic heterocycles. The molecule has 12 heavy (non-hydrogen) atoms. The summed E-state index contributed by atoms with van der Waals surface area (Å²) in [5, 5.41) is 8.84. The van der Waals surface area contributed by atoms with Crippen LogP contribution in [0.1, 0.15) is 17.3 Å². The average molecular weight is 169 g/mol. The van der Waals surface area contributed by atoms with Crippen LogP contribution in [0.4, 0.5) is 10.1 Å². The highest BCUT2D eigenvalue weighted by molar-refractivity contribution is 5.99. The minimum atomic E-state index is -0.942. The standard InChI is InChI=1S/C8H8FNO2/c1-4(11)5-2-3-6(12)7(9)8(5)10/h2-3,12H,10H2,1H3. The Balaban J connectivity index is 3.36. The number of phenols is 1. The molecular weight excluding hydrogens is 161 g/mol. The Labute approximate surface area is 68.6 Å². The highest BCUT2D eigenvalue weighted by atomic mass is 19.1. The summed E-state index contributed by atoms with van der Waals surface area (Å²) in [5.74, 6) is -1.81. The van der Waals surface area contributed by atoms with Crippen molar-refractivity contribution in [2.24, 2.45) is 0 Å². The lowest BCUT2D eigenvalue weighted by molar-refractivity contribution is 0.101. The van der Waals surface area contributed by atoms with Gasteiger partial charge in [-0.3, -0.25) is 4.79 Å². The van der Waals surface area contributed by atoms with E-state index in [2.05, 4.69) is 0 Å². The van der Waals surface area contributed by atoms with Gasteiger partial charge in [0, 0.05) is 5.56 Å².